The lowest BCUT2D eigenvalue weighted by molar-refractivity contribution is -0.139. The Hall–Kier alpha value is -3.85. The molecule has 10 heteroatoms. The number of aryl methyl sites for hydroxylation is 2. The zero-order chi connectivity index (χ0) is 25.3. The van der Waals surface area contributed by atoms with Crippen molar-refractivity contribution in [3.63, 3.8) is 0 Å². The van der Waals surface area contributed by atoms with E-state index in [2.05, 4.69) is 9.97 Å². The topological polar surface area (TPSA) is 118 Å². The number of benzene rings is 1. The Morgan fingerprint density at radius 3 is 2.54 bits per heavy atom. The fourth-order valence-electron chi connectivity index (χ4n) is 4.49. The molecule has 2 aromatic heterocycles. The van der Waals surface area contributed by atoms with Gasteiger partial charge >= 0.3 is 5.97 Å². The van der Waals surface area contributed by atoms with Crippen LogP contribution in [-0.4, -0.2) is 55.9 Å². The molecule has 0 unspecified atom stereocenters. The van der Waals surface area contributed by atoms with Gasteiger partial charge in [-0.3, -0.25) is 9.59 Å². The monoisotopic (exact) mass is 496 g/mol. The molecule has 3 heterocycles. The molecule has 0 radical (unpaired) electrons. The first kappa shape index (κ1) is 24.3. The molecule has 1 fully saturated rings. The van der Waals surface area contributed by atoms with Crippen molar-refractivity contribution in [3.8, 4) is 0 Å². The Morgan fingerprint density at radius 1 is 1.20 bits per heavy atom. The van der Waals surface area contributed by atoms with Gasteiger partial charge in [-0.15, -0.1) is 0 Å². The largest absolute Gasteiger partial charge is 0.507 e. The van der Waals surface area contributed by atoms with E-state index in [1.54, 1.807) is 50.6 Å². The van der Waals surface area contributed by atoms with E-state index in [4.69, 9.17) is 16.3 Å². The minimum atomic E-state index is -0.815. The van der Waals surface area contributed by atoms with Crippen LogP contribution in [0, 0.1) is 13.8 Å². The van der Waals surface area contributed by atoms with E-state index in [0.717, 1.165) is 0 Å². The molecule has 1 atom stereocenters. The van der Waals surface area contributed by atoms with Gasteiger partial charge in [-0.2, -0.15) is 0 Å². The van der Waals surface area contributed by atoms with Gasteiger partial charge in [0.25, 0.3) is 11.7 Å². The van der Waals surface area contributed by atoms with Crippen molar-refractivity contribution in [3.05, 3.63) is 81.7 Å². The average Bonchev–Trinajstić information content (AvgIpc) is 3.52. The van der Waals surface area contributed by atoms with Crippen molar-refractivity contribution < 1.29 is 24.2 Å². The number of carbonyl (C=O) groups excluding carboxylic acids is 3. The van der Waals surface area contributed by atoms with Crippen molar-refractivity contribution in [2.45, 2.75) is 32.9 Å². The number of aliphatic hydroxyl groups is 1. The fourth-order valence-corrected chi connectivity index (χ4v) is 4.62. The third kappa shape index (κ3) is 4.46. The molecule has 0 bridgehead atoms. The second-order valence-electron chi connectivity index (χ2n) is 8.31. The Morgan fingerprint density at radius 2 is 1.91 bits per heavy atom. The summed E-state index contributed by atoms with van der Waals surface area (Å²) in [5.74, 6) is -2.43. The summed E-state index contributed by atoms with van der Waals surface area (Å²) in [6.45, 7) is 4.20. The highest BCUT2D eigenvalue weighted by molar-refractivity contribution is 6.46. The number of amides is 1. The fraction of sp³-hybridized carbons (Fsp3) is 0.280. The zero-order valence-electron chi connectivity index (χ0n) is 19.5. The lowest BCUT2D eigenvalue weighted by atomic mass is 9.94. The van der Waals surface area contributed by atoms with E-state index in [-0.39, 0.29) is 23.6 Å². The molecule has 0 saturated carbocycles. The number of ketones is 1. The number of Topliss-reactive ketones (excluding diaryl/α,β-unsaturated/α-hetero) is 1. The summed E-state index contributed by atoms with van der Waals surface area (Å²) in [4.78, 5) is 46.9. The first-order chi connectivity index (χ1) is 16.7. The summed E-state index contributed by atoms with van der Waals surface area (Å²) < 4.78 is 6.69. The van der Waals surface area contributed by atoms with Crippen LogP contribution in [0.1, 0.15) is 45.3 Å². The van der Waals surface area contributed by atoms with E-state index in [1.165, 1.54) is 12.0 Å². The molecule has 1 aromatic carbocycles. The molecular weight excluding hydrogens is 472 g/mol. The third-order valence-electron chi connectivity index (χ3n) is 6.16. The average molecular weight is 497 g/mol. The van der Waals surface area contributed by atoms with Crippen LogP contribution in [0.4, 0.5) is 0 Å². The number of halogens is 1. The first-order valence-electron chi connectivity index (χ1n) is 11.0. The predicted octanol–water partition coefficient (Wildman–Crippen LogP) is 3.78. The van der Waals surface area contributed by atoms with Gasteiger partial charge < -0.3 is 24.3 Å². The number of nitrogens with zero attached hydrogens (tertiary/aromatic N) is 3. The molecule has 1 aliphatic heterocycles. The van der Waals surface area contributed by atoms with E-state index in [9.17, 15) is 19.5 Å². The van der Waals surface area contributed by atoms with Crippen LogP contribution in [0.25, 0.3) is 5.76 Å². The summed E-state index contributed by atoms with van der Waals surface area (Å²) in [5.41, 5.74) is 1.96. The molecule has 0 aliphatic carbocycles. The number of imidazole rings is 1. The number of ether oxygens (including phenoxy) is 1. The number of aliphatic hydroxyl groups excluding tert-OH is 1. The number of aromatic nitrogens is 3. The lowest BCUT2D eigenvalue weighted by Gasteiger charge is -2.25. The summed E-state index contributed by atoms with van der Waals surface area (Å²) in [7, 11) is 1.26. The highest BCUT2D eigenvalue weighted by atomic mass is 35.5. The van der Waals surface area contributed by atoms with Crippen LogP contribution in [0.15, 0.2) is 48.6 Å². The Bertz CT molecular complexity index is 1310. The predicted molar refractivity (Wildman–Crippen MR) is 129 cm³/mol. The van der Waals surface area contributed by atoms with Gasteiger partial charge in [-0.05, 0) is 43.5 Å². The second-order valence-corrected chi connectivity index (χ2v) is 8.75. The van der Waals surface area contributed by atoms with Gasteiger partial charge in [-0.1, -0.05) is 23.7 Å². The molecule has 2 N–H and O–H groups in total. The van der Waals surface area contributed by atoms with Crippen LogP contribution in [0.2, 0.25) is 5.02 Å². The Kier molecular flexibility index (Phi) is 6.79. The normalized spacial score (nSPS) is 17.3. The number of nitrogens with one attached hydrogen (secondary N) is 1. The third-order valence-corrected chi connectivity index (χ3v) is 6.42. The number of aromatic amines is 1. The maximum absolute atomic E-state index is 13.2. The van der Waals surface area contributed by atoms with Crippen molar-refractivity contribution in [1.29, 1.82) is 0 Å². The SMILES string of the molecule is COC(=O)c1[nH]c(C)c(/C(O)=C2\C(=O)C(=O)N(CCCn3ccnc3)[C@@H]2c2ccc(Cl)cc2)c1C. The summed E-state index contributed by atoms with van der Waals surface area (Å²) >= 11 is 6.07. The number of hydrogen-bond donors (Lipinski definition) is 2. The van der Waals surface area contributed by atoms with Crippen LogP contribution < -0.4 is 0 Å². The molecule has 182 valence electrons. The van der Waals surface area contributed by atoms with Gasteiger partial charge in [0.15, 0.2) is 0 Å². The molecule has 1 amide bonds. The summed E-state index contributed by atoms with van der Waals surface area (Å²) in [6.07, 6.45) is 5.74. The number of methoxy groups -OCH3 is 1. The minimum Gasteiger partial charge on any atom is -0.507 e. The number of H-pyrrole nitrogens is 1. The van der Waals surface area contributed by atoms with Gasteiger partial charge in [0, 0.05) is 41.8 Å². The molecule has 0 spiro atoms. The van der Waals surface area contributed by atoms with E-state index >= 15 is 0 Å². The second kappa shape index (κ2) is 9.79. The Balaban J connectivity index is 1.79. The quantitative estimate of drug-likeness (QED) is 0.222. The zero-order valence-corrected chi connectivity index (χ0v) is 20.3. The molecule has 3 aromatic rings. The molecule has 9 nitrogen and oxygen atoms in total. The number of rotatable bonds is 7. The van der Waals surface area contributed by atoms with Gasteiger partial charge in [0.1, 0.15) is 11.5 Å². The van der Waals surface area contributed by atoms with Gasteiger partial charge in [0.2, 0.25) is 0 Å². The van der Waals surface area contributed by atoms with Gasteiger partial charge in [-0.25, -0.2) is 9.78 Å². The maximum atomic E-state index is 13.2. The molecule has 1 saturated heterocycles. The van der Waals surface area contributed by atoms with Crippen LogP contribution in [0.5, 0.6) is 0 Å². The van der Waals surface area contributed by atoms with E-state index < -0.39 is 23.7 Å². The number of esters is 1. The van der Waals surface area contributed by atoms with Crippen LogP contribution in [0.3, 0.4) is 0 Å². The van der Waals surface area contributed by atoms with Crippen molar-refractivity contribution in [2.75, 3.05) is 13.7 Å². The highest BCUT2D eigenvalue weighted by Crippen LogP contribution is 2.41. The standard InChI is InChI=1S/C25H25ClN4O5/c1-14-18(15(2)28-20(14)25(34)35-3)22(31)19-21(16-5-7-17(26)8-6-16)30(24(33)23(19)32)11-4-10-29-12-9-27-13-29/h5-9,12-13,21,28,31H,4,10-11H2,1-3H3/b22-19+/t21-/m1/s1. The van der Waals surface area contributed by atoms with Crippen LogP contribution in [-0.2, 0) is 20.9 Å². The van der Waals surface area contributed by atoms with Crippen molar-refractivity contribution >= 4 is 35.0 Å². The molecule has 1 aliphatic rings. The molecule has 4 rings (SSSR count). The molecular formula is C25H25ClN4O5. The maximum Gasteiger partial charge on any atom is 0.354 e. The lowest BCUT2D eigenvalue weighted by Crippen LogP contribution is -2.31. The van der Waals surface area contributed by atoms with Crippen LogP contribution >= 0.6 is 11.6 Å². The minimum absolute atomic E-state index is 0.0402. The molecule has 35 heavy (non-hydrogen) atoms. The van der Waals surface area contributed by atoms with Crippen molar-refractivity contribution in [1.82, 2.24) is 19.4 Å². The van der Waals surface area contributed by atoms with E-state index in [0.29, 0.717) is 40.4 Å². The summed E-state index contributed by atoms with van der Waals surface area (Å²) in [6, 6.07) is 5.98. The number of likely N-dealkylation sites (tertiary alicyclic amines) is 1. The number of carbonyl (C=O) groups is 3. The highest BCUT2D eigenvalue weighted by Gasteiger charge is 2.46. The van der Waals surface area contributed by atoms with Crippen molar-refractivity contribution in [2.24, 2.45) is 0 Å². The Labute approximate surface area is 207 Å². The first-order valence-corrected chi connectivity index (χ1v) is 11.4. The van der Waals surface area contributed by atoms with Gasteiger partial charge in [0.05, 0.1) is 25.1 Å². The summed E-state index contributed by atoms with van der Waals surface area (Å²) in [5, 5.41) is 11.9. The van der Waals surface area contributed by atoms with E-state index in [1.807, 2.05) is 10.8 Å². The smallest absolute Gasteiger partial charge is 0.354 e. The number of hydrogen-bond acceptors (Lipinski definition) is 6.